The molecular weight excluding hydrogens is 217 g/mol. The molecule has 0 heterocycles. The van der Waals surface area contributed by atoms with Gasteiger partial charge in [-0.15, -0.1) is 0 Å². The number of hydrogen-bond acceptors (Lipinski definition) is 0. The summed E-state index contributed by atoms with van der Waals surface area (Å²) in [5, 5.41) is -3.92. The van der Waals surface area contributed by atoms with Gasteiger partial charge in [0, 0.05) is 0 Å². The van der Waals surface area contributed by atoms with Gasteiger partial charge in [0.25, 0.3) is 0 Å². The Labute approximate surface area is 86.9 Å². The molecule has 0 N–H and O–H groups in total. The first kappa shape index (κ1) is 11.3. The molecule has 0 spiro atoms. The number of rotatable bonds is 2. The zero-order chi connectivity index (χ0) is 9.90. The van der Waals surface area contributed by atoms with Crippen LogP contribution in [0.4, 0.5) is 8.78 Å². The highest BCUT2D eigenvalue weighted by atomic mass is 35.5. The molecule has 13 heavy (non-hydrogen) atoms. The van der Waals surface area contributed by atoms with Crippen molar-refractivity contribution in [2.75, 3.05) is 0 Å². The summed E-state index contributed by atoms with van der Waals surface area (Å²) in [7, 11) is 0. The Kier molecular flexibility index (Phi) is 3.99. The average molecular weight is 229 g/mol. The highest BCUT2D eigenvalue weighted by Crippen LogP contribution is 2.35. The van der Waals surface area contributed by atoms with Crippen LogP contribution in [0.5, 0.6) is 0 Å². The zero-order valence-electron chi connectivity index (χ0n) is 7.20. The highest BCUT2D eigenvalue weighted by molar-refractivity contribution is 6.38. The van der Waals surface area contributed by atoms with Crippen molar-refractivity contribution in [3.05, 3.63) is 11.1 Å². The quantitative estimate of drug-likeness (QED) is 0.610. The van der Waals surface area contributed by atoms with Gasteiger partial charge >= 0.3 is 5.38 Å². The molecule has 4 heteroatoms. The second-order valence-corrected chi connectivity index (χ2v) is 4.29. The monoisotopic (exact) mass is 228 g/mol. The van der Waals surface area contributed by atoms with Crippen LogP contribution in [0.1, 0.15) is 32.1 Å². The van der Waals surface area contributed by atoms with E-state index in [1.165, 1.54) is 12.5 Å². The lowest BCUT2D eigenvalue weighted by Crippen LogP contribution is -2.09. The van der Waals surface area contributed by atoms with E-state index in [1.807, 2.05) is 0 Å². The van der Waals surface area contributed by atoms with Crippen molar-refractivity contribution in [3.8, 4) is 0 Å². The molecule has 0 atom stereocenters. The molecule has 0 aromatic carbocycles. The Balaban J connectivity index is 2.53. The Morgan fingerprint density at radius 3 is 2.23 bits per heavy atom. The minimum absolute atomic E-state index is 0.186. The van der Waals surface area contributed by atoms with Gasteiger partial charge in [0.1, 0.15) is 0 Å². The van der Waals surface area contributed by atoms with E-state index in [4.69, 9.17) is 23.2 Å². The molecule has 1 aliphatic carbocycles. The van der Waals surface area contributed by atoms with Gasteiger partial charge in [-0.1, -0.05) is 36.9 Å². The summed E-state index contributed by atoms with van der Waals surface area (Å²) in [6, 6.07) is 0. The number of halogens is 4. The lowest BCUT2D eigenvalue weighted by atomic mass is 9.89. The molecule has 0 amide bonds. The van der Waals surface area contributed by atoms with Crippen molar-refractivity contribution in [1.82, 2.24) is 0 Å². The first-order valence-corrected chi connectivity index (χ1v) is 5.20. The predicted octanol–water partition coefficient (Wildman–Crippen LogP) is 4.52. The molecule has 0 radical (unpaired) electrons. The van der Waals surface area contributed by atoms with Crippen molar-refractivity contribution in [1.29, 1.82) is 0 Å². The predicted molar refractivity (Wildman–Crippen MR) is 51.3 cm³/mol. The maximum Gasteiger partial charge on any atom is 0.358 e. The molecule has 1 rings (SSSR count). The third-order valence-corrected chi connectivity index (χ3v) is 2.97. The van der Waals surface area contributed by atoms with Crippen molar-refractivity contribution >= 4 is 23.2 Å². The van der Waals surface area contributed by atoms with E-state index in [0.717, 1.165) is 25.7 Å². The molecule has 0 saturated heterocycles. The van der Waals surface area contributed by atoms with Gasteiger partial charge < -0.3 is 0 Å². The third kappa shape index (κ3) is 3.82. The van der Waals surface area contributed by atoms with Crippen LogP contribution in [-0.4, -0.2) is 5.38 Å². The molecule has 0 unspecified atom stereocenters. The molecule has 0 aromatic rings. The van der Waals surface area contributed by atoms with Crippen molar-refractivity contribution in [2.24, 2.45) is 5.92 Å². The molecule has 0 nitrogen and oxygen atoms in total. The Hall–Kier alpha value is 0.180. The largest absolute Gasteiger partial charge is 0.358 e. The fourth-order valence-corrected chi connectivity index (χ4v) is 1.84. The first-order valence-electron chi connectivity index (χ1n) is 4.44. The summed E-state index contributed by atoms with van der Waals surface area (Å²) >= 11 is 10.1. The lowest BCUT2D eigenvalue weighted by molar-refractivity contribution is 0.146. The van der Waals surface area contributed by atoms with Gasteiger partial charge in [0.05, 0.1) is 5.03 Å². The topological polar surface area (TPSA) is 0 Å². The van der Waals surface area contributed by atoms with E-state index in [-0.39, 0.29) is 5.92 Å². The Morgan fingerprint density at radius 1 is 1.23 bits per heavy atom. The van der Waals surface area contributed by atoms with Crippen LogP contribution in [0.3, 0.4) is 0 Å². The summed E-state index contributed by atoms with van der Waals surface area (Å²) in [5.41, 5.74) is 0. The summed E-state index contributed by atoms with van der Waals surface area (Å²) in [4.78, 5) is 0. The lowest BCUT2D eigenvalue weighted by Gasteiger charge is -2.19. The molecular formula is C9H12Cl2F2. The van der Waals surface area contributed by atoms with Crippen LogP contribution in [0.15, 0.2) is 11.1 Å². The third-order valence-electron chi connectivity index (χ3n) is 2.30. The second-order valence-electron chi connectivity index (χ2n) is 3.41. The SMILES string of the molecule is FC(F)(Cl)/C(Cl)=C\C1CCCCC1. The molecule has 0 bridgehead atoms. The maximum absolute atomic E-state index is 12.4. The summed E-state index contributed by atoms with van der Waals surface area (Å²) in [6.45, 7) is 0. The smallest absolute Gasteiger partial charge is 0.182 e. The maximum atomic E-state index is 12.4. The van der Waals surface area contributed by atoms with Crippen LogP contribution in [0, 0.1) is 5.92 Å². The van der Waals surface area contributed by atoms with Crippen LogP contribution < -0.4 is 0 Å². The van der Waals surface area contributed by atoms with Gasteiger partial charge in [-0.2, -0.15) is 8.78 Å². The summed E-state index contributed by atoms with van der Waals surface area (Å²) in [6.07, 6.45) is 6.69. The number of allylic oxidation sites excluding steroid dienone is 2. The molecule has 1 fully saturated rings. The van der Waals surface area contributed by atoms with Gasteiger partial charge in [0.2, 0.25) is 0 Å². The van der Waals surface area contributed by atoms with Crippen molar-refractivity contribution < 1.29 is 8.78 Å². The average Bonchev–Trinajstić information content (AvgIpc) is 2.04. The van der Waals surface area contributed by atoms with E-state index in [9.17, 15) is 8.78 Å². The fourth-order valence-electron chi connectivity index (χ4n) is 1.60. The van der Waals surface area contributed by atoms with E-state index in [2.05, 4.69) is 0 Å². The zero-order valence-corrected chi connectivity index (χ0v) is 8.71. The van der Waals surface area contributed by atoms with Crippen LogP contribution in [0.25, 0.3) is 0 Å². The fraction of sp³-hybridized carbons (Fsp3) is 0.778. The van der Waals surface area contributed by atoms with Gasteiger partial charge in [0.15, 0.2) is 0 Å². The van der Waals surface area contributed by atoms with Crippen molar-refractivity contribution in [2.45, 2.75) is 37.5 Å². The van der Waals surface area contributed by atoms with E-state index >= 15 is 0 Å². The molecule has 1 saturated carbocycles. The Morgan fingerprint density at radius 2 is 1.77 bits per heavy atom. The highest BCUT2D eigenvalue weighted by Gasteiger charge is 2.30. The van der Waals surface area contributed by atoms with Crippen LogP contribution >= 0.6 is 23.2 Å². The van der Waals surface area contributed by atoms with Crippen LogP contribution in [0.2, 0.25) is 0 Å². The summed E-state index contributed by atoms with van der Waals surface area (Å²) in [5.74, 6) is 0.186. The van der Waals surface area contributed by atoms with E-state index in [1.54, 1.807) is 0 Å². The molecule has 76 valence electrons. The number of hydrogen-bond donors (Lipinski definition) is 0. The molecule has 0 aliphatic heterocycles. The number of alkyl halides is 3. The van der Waals surface area contributed by atoms with Gasteiger partial charge in [-0.05, 0) is 30.4 Å². The van der Waals surface area contributed by atoms with E-state index in [0.29, 0.717) is 0 Å². The van der Waals surface area contributed by atoms with Crippen LogP contribution in [-0.2, 0) is 0 Å². The minimum Gasteiger partial charge on any atom is -0.182 e. The van der Waals surface area contributed by atoms with Gasteiger partial charge in [-0.25, -0.2) is 0 Å². The first-order chi connectivity index (χ1) is 6.00. The normalized spacial score (nSPS) is 22.0. The van der Waals surface area contributed by atoms with E-state index < -0.39 is 10.4 Å². The van der Waals surface area contributed by atoms with Crippen molar-refractivity contribution in [3.63, 3.8) is 0 Å². The Bertz CT molecular complexity index is 190. The summed E-state index contributed by atoms with van der Waals surface area (Å²) < 4.78 is 24.9. The minimum atomic E-state index is -3.39. The molecule has 1 aliphatic rings. The second kappa shape index (κ2) is 4.61. The molecule has 0 aromatic heterocycles. The van der Waals surface area contributed by atoms with Gasteiger partial charge in [-0.3, -0.25) is 0 Å². The standard InChI is InChI=1S/C9H12Cl2F2/c10-8(9(11,12)13)6-7-4-2-1-3-5-7/h6-7H,1-5H2/b8-6+.